The van der Waals surface area contributed by atoms with Crippen molar-refractivity contribution in [2.45, 2.75) is 32.7 Å². The van der Waals surface area contributed by atoms with Gasteiger partial charge < -0.3 is 10.4 Å². The van der Waals surface area contributed by atoms with Crippen molar-refractivity contribution >= 4 is 28.5 Å². The lowest BCUT2D eigenvalue weighted by molar-refractivity contribution is 0.0932. The van der Waals surface area contributed by atoms with Gasteiger partial charge in [-0.15, -0.1) is 0 Å². The van der Waals surface area contributed by atoms with E-state index in [2.05, 4.69) is 27.9 Å². The summed E-state index contributed by atoms with van der Waals surface area (Å²) in [5, 5.41) is 12.5. The molecule has 4 heteroatoms. The van der Waals surface area contributed by atoms with Crippen LogP contribution in [0.4, 0.5) is 0 Å². The molecule has 16 heavy (non-hydrogen) atoms. The first-order valence-electron chi connectivity index (χ1n) is 5.37. The van der Waals surface area contributed by atoms with E-state index in [4.69, 9.17) is 0 Å². The molecule has 1 amide bonds. The van der Waals surface area contributed by atoms with Gasteiger partial charge in [-0.1, -0.05) is 13.8 Å². The first-order chi connectivity index (χ1) is 7.58. The van der Waals surface area contributed by atoms with Gasteiger partial charge in [-0.3, -0.25) is 4.79 Å². The quantitative estimate of drug-likeness (QED) is 0.833. The lowest BCUT2D eigenvalue weighted by atomic mass is 10.1. The smallest absolute Gasteiger partial charge is 0.255 e. The summed E-state index contributed by atoms with van der Waals surface area (Å²) in [7, 11) is 0. The molecule has 0 aliphatic rings. The van der Waals surface area contributed by atoms with Crippen molar-refractivity contribution in [2.24, 2.45) is 0 Å². The van der Waals surface area contributed by atoms with Crippen LogP contribution in [0.15, 0.2) is 18.2 Å². The third-order valence-electron chi connectivity index (χ3n) is 2.52. The monoisotopic (exact) mass is 333 g/mol. The third-order valence-corrected chi connectivity index (χ3v) is 3.20. The number of phenols is 1. The van der Waals surface area contributed by atoms with Crippen molar-refractivity contribution in [1.82, 2.24) is 5.32 Å². The molecule has 0 aromatic heterocycles. The molecule has 0 atom stereocenters. The maximum absolute atomic E-state index is 11.9. The SMILES string of the molecule is CCC(CC)NC(=O)c1cc(I)ccc1O. The van der Waals surface area contributed by atoms with Crippen LogP contribution in [0.3, 0.4) is 0 Å². The number of benzene rings is 1. The van der Waals surface area contributed by atoms with E-state index in [1.54, 1.807) is 18.2 Å². The molecule has 0 saturated heterocycles. The molecule has 0 heterocycles. The standard InChI is InChI=1S/C12H16INO2/c1-3-9(4-2)14-12(16)10-7-8(13)5-6-11(10)15/h5-7,9,15H,3-4H2,1-2H3,(H,14,16). The molecular formula is C12H16INO2. The van der Waals surface area contributed by atoms with Gasteiger partial charge >= 0.3 is 0 Å². The number of nitrogens with one attached hydrogen (secondary N) is 1. The van der Waals surface area contributed by atoms with Gasteiger partial charge in [-0.2, -0.15) is 0 Å². The fourth-order valence-corrected chi connectivity index (χ4v) is 1.94. The summed E-state index contributed by atoms with van der Waals surface area (Å²) in [6, 6.07) is 5.17. The second-order valence-electron chi connectivity index (χ2n) is 3.65. The Bertz CT molecular complexity index is 375. The zero-order chi connectivity index (χ0) is 12.1. The number of hydrogen-bond acceptors (Lipinski definition) is 2. The second-order valence-corrected chi connectivity index (χ2v) is 4.89. The average molecular weight is 333 g/mol. The van der Waals surface area contributed by atoms with E-state index in [1.165, 1.54) is 0 Å². The minimum atomic E-state index is -0.204. The summed E-state index contributed by atoms with van der Waals surface area (Å²) in [6.07, 6.45) is 1.79. The minimum Gasteiger partial charge on any atom is -0.507 e. The molecule has 0 aliphatic carbocycles. The van der Waals surface area contributed by atoms with Gasteiger partial charge in [0.25, 0.3) is 5.91 Å². The Morgan fingerprint density at radius 2 is 2.06 bits per heavy atom. The van der Waals surface area contributed by atoms with Crippen LogP contribution in [0.2, 0.25) is 0 Å². The predicted molar refractivity (Wildman–Crippen MR) is 72.7 cm³/mol. The fraction of sp³-hybridized carbons (Fsp3) is 0.417. The Balaban J connectivity index is 2.83. The normalized spacial score (nSPS) is 10.5. The lowest BCUT2D eigenvalue weighted by Gasteiger charge is -2.15. The second kappa shape index (κ2) is 6.08. The van der Waals surface area contributed by atoms with Gasteiger partial charge in [0.15, 0.2) is 0 Å². The number of carbonyl (C=O) groups is 1. The molecule has 0 radical (unpaired) electrons. The molecule has 0 aliphatic heterocycles. The predicted octanol–water partition coefficient (Wildman–Crippen LogP) is 2.92. The number of aromatic hydroxyl groups is 1. The minimum absolute atomic E-state index is 0.0314. The van der Waals surface area contributed by atoms with Crippen LogP contribution in [-0.2, 0) is 0 Å². The zero-order valence-electron chi connectivity index (χ0n) is 9.46. The molecular weight excluding hydrogens is 317 g/mol. The van der Waals surface area contributed by atoms with Crippen molar-refractivity contribution in [2.75, 3.05) is 0 Å². The average Bonchev–Trinajstić information content (AvgIpc) is 2.28. The molecule has 1 rings (SSSR count). The highest BCUT2D eigenvalue weighted by molar-refractivity contribution is 14.1. The number of amides is 1. The van der Waals surface area contributed by atoms with Gasteiger partial charge in [0.05, 0.1) is 5.56 Å². The van der Waals surface area contributed by atoms with Crippen LogP contribution in [0, 0.1) is 3.57 Å². The Morgan fingerprint density at radius 3 is 2.62 bits per heavy atom. The Labute approximate surface area is 109 Å². The molecule has 0 bridgehead atoms. The van der Waals surface area contributed by atoms with E-state index in [0.717, 1.165) is 16.4 Å². The topological polar surface area (TPSA) is 49.3 Å². The van der Waals surface area contributed by atoms with Crippen molar-refractivity contribution in [3.05, 3.63) is 27.3 Å². The maximum Gasteiger partial charge on any atom is 0.255 e. The van der Waals surface area contributed by atoms with Crippen LogP contribution in [0.1, 0.15) is 37.0 Å². The maximum atomic E-state index is 11.9. The summed E-state index contributed by atoms with van der Waals surface area (Å²) in [5.74, 6) is -0.173. The van der Waals surface area contributed by atoms with Crippen LogP contribution < -0.4 is 5.32 Å². The summed E-state index contributed by atoms with van der Waals surface area (Å²) in [6.45, 7) is 4.06. The van der Waals surface area contributed by atoms with Crippen molar-refractivity contribution < 1.29 is 9.90 Å². The summed E-state index contributed by atoms with van der Waals surface area (Å²) < 4.78 is 0.935. The molecule has 3 nitrogen and oxygen atoms in total. The van der Waals surface area contributed by atoms with Gasteiger partial charge in [0, 0.05) is 9.61 Å². The molecule has 0 spiro atoms. The summed E-state index contributed by atoms with van der Waals surface area (Å²) in [5.41, 5.74) is 0.346. The Kier molecular flexibility index (Phi) is 5.05. The van der Waals surface area contributed by atoms with Crippen LogP contribution >= 0.6 is 22.6 Å². The first kappa shape index (κ1) is 13.3. The number of carbonyl (C=O) groups excluding carboxylic acids is 1. The van der Waals surface area contributed by atoms with E-state index < -0.39 is 0 Å². The largest absolute Gasteiger partial charge is 0.507 e. The number of hydrogen-bond donors (Lipinski definition) is 2. The molecule has 0 saturated carbocycles. The molecule has 88 valence electrons. The number of rotatable bonds is 4. The number of phenolic OH excluding ortho intramolecular Hbond substituents is 1. The van der Waals surface area contributed by atoms with Crippen molar-refractivity contribution in [3.63, 3.8) is 0 Å². The molecule has 0 unspecified atom stereocenters. The highest BCUT2D eigenvalue weighted by atomic mass is 127. The molecule has 0 fully saturated rings. The van der Waals surface area contributed by atoms with Gasteiger partial charge in [0.2, 0.25) is 0 Å². The zero-order valence-corrected chi connectivity index (χ0v) is 11.6. The fourth-order valence-electron chi connectivity index (χ4n) is 1.45. The van der Waals surface area contributed by atoms with Gasteiger partial charge in [-0.25, -0.2) is 0 Å². The van der Waals surface area contributed by atoms with E-state index >= 15 is 0 Å². The summed E-state index contributed by atoms with van der Waals surface area (Å²) >= 11 is 2.12. The van der Waals surface area contributed by atoms with Gasteiger partial charge in [0.1, 0.15) is 5.75 Å². The molecule has 1 aromatic carbocycles. The lowest BCUT2D eigenvalue weighted by Crippen LogP contribution is -2.33. The Morgan fingerprint density at radius 1 is 1.44 bits per heavy atom. The molecule has 2 N–H and O–H groups in total. The van der Waals surface area contributed by atoms with Gasteiger partial charge in [-0.05, 0) is 53.6 Å². The third kappa shape index (κ3) is 3.37. The van der Waals surface area contributed by atoms with Crippen molar-refractivity contribution in [3.8, 4) is 5.75 Å². The Hall–Kier alpha value is -0.780. The van der Waals surface area contributed by atoms with Crippen LogP contribution in [0.5, 0.6) is 5.75 Å². The van der Waals surface area contributed by atoms with E-state index in [0.29, 0.717) is 5.56 Å². The van der Waals surface area contributed by atoms with Crippen LogP contribution in [0.25, 0.3) is 0 Å². The first-order valence-corrected chi connectivity index (χ1v) is 6.45. The van der Waals surface area contributed by atoms with Crippen molar-refractivity contribution in [1.29, 1.82) is 0 Å². The van der Waals surface area contributed by atoms with E-state index in [-0.39, 0.29) is 17.7 Å². The molecule has 1 aromatic rings. The number of halogens is 1. The summed E-state index contributed by atoms with van der Waals surface area (Å²) in [4.78, 5) is 11.9. The van der Waals surface area contributed by atoms with E-state index in [9.17, 15) is 9.90 Å². The van der Waals surface area contributed by atoms with E-state index in [1.807, 2.05) is 13.8 Å². The highest BCUT2D eigenvalue weighted by Crippen LogP contribution is 2.19. The van der Waals surface area contributed by atoms with Crippen LogP contribution in [-0.4, -0.2) is 17.1 Å². The highest BCUT2D eigenvalue weighted by Gasteiger charge is 2.14.